The van der Waals surface area contributed by atoms with Crippen LogP contribution >= 0.6 is 11.3 Å². The van der Waals surface area contributed by atoms with Gasteiger partial charge in [0.2, 0.25) is 21.8 Å². The van der Waals surface area contributed by atoms with Crippen molar-refractivity contribution in [2.45, 2.75) is 45.6 Å². The molecule has 0 unspecified atom stereocenters. The number of amides is 2. The quantitative estimate of drug-likeness (QED) is 0.280. The van der Waals surface area contributed by atoms with Crippen LogP contribution in [0.4, 0.5) is 5.69 Å². The molecule has 0 aliphatic carbocycles. The topological polar surface area (TPSA) is 105 Å². The fraction of sp³-hybridized carbons (Fsp3) is 0.400. The van der Waals surface area contributed by atoms with E-state index in [2.05, 4.69) is 5.32 Å². The first-order chi connectivity index (χ1) is 19.4. The minimum Gasteiger partial charge on any atom is -0.493 e. The van der Waals surface area contributed by atoms with Gasteiger partial charge in [-0.1, -0.05) is 19.9 Å². The molecule has 0 radical (unpaired) electrons. The van der Waals surface area contributed by atoms with Crippen LogP contribution < -0.4 is 14.8 Å². The Balaban J connectivity index is 1.86. The highest BCUT2D eigenvalue weighted by Gasteiger charge is 2.29. The Morgan fingerprint density at radius 2 is 1.68 bits per heavy atom. The molecule has 0 atom stereocenters. The molecular weight excluding hydrogens is 562 g/mol. The minimum atomic E-state index is -3.98. The highest BCUT2D eigenvalue weighted by Crippen LogP contribution is 2.28. The Hall–Kier alpha value is -3.41. The molecule has 0 bridgehead atoms. The standard InChI is InChI=1S/C30H39N3O6S2/c1-21(2)18-33(41(36,37)26-10-8-25(9-11-26)31-23(4)34)20-30(35)32(19-29-22(3)14-16-40-29)15-13-24-7-12-27(38-5)28(17-24)39-6/h7-12,14,16-17,21H,13,15,18-20H2,1-6H3,(H,31,34). The van der Waals surface area contributed by atoms with Crippen molar-refractivity contribution in [3.05, 3.63) is 69.9 Å². The number of carbonyl (C=O) groups is 2. The van der Waals surface area contributed by atoms with Gasteiger partial charge in [0.1, 0.15) is 0 Å². The number of nitrogens with zero attached hydrogens (tertiary/aromatic N) is 2. The number of carbonyl (C=O) groups excluding carboxylic acids is 2. The lowest BCUT2D eigenvalue weighted by Crippen LogP contribution is -2.44. The molecular formula is C30H39N3O6S2. The van der Waals surface area contributed by atoms with E-state index >= 15 is 0 Å². The third-order valence-corrected chi connectivity index (χ3v) is 9.30. The van der Waals surface area contributed by atoms with Gasteiger partial charge in [-0.05, 0) is 78.2 Å². The van der Waals surface area contributed by atoms with Crippen molar-refractivity contribution in [3.8, 4) is 11.5 Å². The SMILES string of the molecule is COc1ccc(CCN(Cc2sccc2C)C(=O)CN(CC(C)C)S(=O)(=O)c2ccc(NC(C)=O)cc2)cc1OC. The van der Waals surface area contributed by atoms with E-state index in [4.69, 9.17) is 9.47 Å². The zero-order chi connectivity index (χ0) is 30.2. The lowest BCUT2D eigenvalue weighted by Gasteiger charge is -2.28. The summed E-state index contributed by atoms with van der Waals surface area (Å²) in [4.78, 5) is 28.0. The van der Waals surface area contributed by atoms with E-state index in [9.17, 15) is 18.0 Å². The monoisotopic (exact) mass is 601 g/mol. The van der Waals surface area contributed by atoms with Crippen LogP contribution in [0.1, 0.15) is 36.8 Å². The van der Waals surface area contributed by atoms with Crippen molar-refractivity contribution in [1.82, 2.24) is 9.21 Å². The fourth-order valence-electron chi connectivity index (χ4n) is 4.30. The molecule has 0 spiro atoms. The van der Waals surface area contributed by atoms with Gasteiger partial charge in [-0.3, -0.25) is 9.59 Å². The van der Waals surface area contributed by atoms with Crippen molar-refractivity contribution in [2.75, 3.05) is 39.2 Å². The van der Waals surface area contributed by atoms with Gasteiger partial charge in [0.05, 0.1) is 32.2 Å². The maximum atomic E-state index is 13.8. The summed E-state index contributed by atoms with van der Waals surface area (Å²) in [5.41, 5.74) is 2.55. The summed E-state index contributed by atoms with van der Waals surface area (Å²) in [6.45, 7) is 7.89. The molecule has 1 heterocycles. The number of hydrogen-bond acceptors (Lipinski definition) is 7. The number of nitrogens with one attached hydrogen (secondary N) is 1. The van der Waals surface area contributed by atoms with Gasteiger partial charge in [-0.2, -0.15) is 4.31 Å². The second-order valence-electron chi connectivity index (χ2n) is 10.2. The lowest BCUT2D eigenvalue weighted by molar-refractivity contribution is -0.132. The van der Waals surface area contributed by atoms with E-state index in [0.29, 0.717) is 36.7 Å². The van der Waals surface area contributed by atoms with E-state index in [1.165, 1.54) is 23.4 Å². The Kier molecular flexibility index (Phi) is 11.3. The molecule has 41 heavy (non-hydrogen) atoms. The summed E-state index contributed by atoms with van der Waals surface area (Å²) in [5.74, 6) is 0.698. The van der Waals surface area contributed by atoms with Gasteiger partial charge in [-0.15, -0.1) is 11.3 Å². The van der Waals surface area contributed by atoms with E-state index < -0.39 is 10.0 Å². The fourth-order valence-corrected chi connectivity index (χ4v) is 6.77. The third kappa shape index (κ3) is 8.79. The number of sulfonamides is 1. The Morgan fingerprint density at radius 3 is 2.24 bits per heavy atom. The molecule has 222 valence electrons. The Bertz CT molecular complexity index is 1430. The lowest BCUT2D eigenvalue weighted by atomic mass is 10.1. The first-order valence-electron chi connectivity index (χ1n) is 13.3. The van der Waals surface area contributed by atoms with Crippen molar-refractivity contribution < 1.29 is 27.5 Å². The van der Waals surface area contributed by atoms with Gasteiger partial charge in [-0.25, -0.2) is 8.42 Å². The van der Waals surface area contributed by atoms with E-state index in [1.54, 1.807) is 42.6 Å². The molecule has 11 heteroatoms. The second-order valence-corrected chi connectivity index (χ2v) is 13.1. The maximum Gasteiger partial charge on any atom is 0.243 e. The van der Waals surface area contributed by atoms with Crippen LogP contribution in [0.3, 0.4) is 0 Å². The van der Waals surface area contributed by atoms with Crippen molar-refractivity contribution in [2.24, 2.45) is 5.92 Å². The van der Waals surface area contributed by atoms with Crippen LogP contribution in [0.25, 0.3) is 0 Å². The van der Waals surface area contributed by atoms with Gasteiger partial charge >= 0.3 is 0 Å². The predicted molar refractivity (Wildman–Crippen MR) is 162 cm³/mol. The van der Waals surface area contributed by atoms with Crippen LogP contribution in [-0.2, 0) is 32.6 Å². The second kappa shape index (κ2) is 14.5. The summed E-state index contributed by atoms with van der Waals surface area (Å²) < 4.78 is 39.4. The average molecular weight is 602 g/mol. The molecule has 0 saturated heterocycles. The first-order valence-corrected chi connectivity index (χ1v) is 15.7. The van der Waals surface area contributed by atoms with Crippen LogP contribution in [0.15, 0.2) is 58.8 Å². The number of ether oxygens (including phenoxy) is 2. The molecule has 3 aromatic rings. The summed E-state index contributed by atoms with van der Waals surface area (Å²) >= 11 is 1.57. The highest BCUT2D eigenvalue weighted by molar-refractivity contribution is 7.89. The molecule has 1 N–H and O–H groups in total. The molecule has 0 aliphatic heterocycles. The Morgan fingerprint density at radius 1 is 1.00 bits per heavy atom. The van der Waals surface area contributed by atoms with Gasteiger partial charge in [0, 0.05) is 30.6 Å². The summed E-state index contributed by atoms with van der Waals surface area (Å²) in [6, 6.07) is 13.6. The largest absolute Gasteiger partial charge is 0.493 e. The summed E-state index contributed by atoms with van der Waals surface area (Å²) in [7, 11) is -0.822. The Labute approximate surface area is 247 Å². The van der Waals surface area contributed by atoms with Crippen LogP contribution in [0, 0.1) is 12.8 Å². The number of benzene rings is 2. The molecule has 3 rings (SSSR count). The number of hydrogen-bond donors (Lipinski definition) is 1. The van der Waals surface area contributed by atoms with E-state index in [0.717, 1.165) is 16.0 Å². The number of rotatable bonds is 14. The predicted octanol–water partition coefficient (Wildman–Crippen LogP) is 4.95. The molecule has 0 aliphatic rings. The van der Waals surface area contributed by atoms with Crippen LogP contribution in [0.5, 0.6) is 11.5 Å². The zero-order valence-corrected chi connectivity index (χ0v) is 26.1. The maximum absolute atomic E-state index is 13.8. The van der Waals surface area contributed by atoms with E-state index in [-0.39, 0.29) is 35.7 Å². The van der Waals surface area contributed by atoms with Crippen LogP contribution in [-0.4, -0.2) is 63.3 Å². The average Bonchev–Trinajstić information content (AvgIpc) is 3.33. The number of anilines is 1. The smallest absolute Gasteiger partial charge is 0.243 e. The zero-order valence-electron chi connectivity index (χ0n) is 24.5. The van der Waals surface area contributed by atoms with Gasteiger partial charge in [0.25, 0.3) is 0 Å². The van der Waals surface area contributed by atoms with E-state index in [1.807, 2.05) is 50.4 Å². The normalized spacial score (nSPS) is 11.5. The molecule has 1 aromatic heterocycles. The number of methoxy groups -OCH3 is 2. The molecule has 0 fully saturated rings. The van der Waals surface area contributed by atoms with Crippen molar-refractivity contribution in [1.29, 1.82) is 0 Å². The number of aryl methyl sites for hydroxylation is 1. The van der Waals surface area contributed by atoms with Crippen LogP contribution in [0.2, 0.25) is 0 Å². The van der Waals surface area contributed by atoms with Gasteiger partial charge < -0.3 is 19.7 Å². The third-order valence-electron chi connectivity index (χ3n) is 6.47. The summed E-state index contributed by atoms with van der Waals surface area (Å²) in [5, 5.41) is 4.62. The minimum absolute atomic E-state index is 0.00372. The number of thiophene rings is 1. The summed E-state index contributed by atoms with van der Waals surface area (Å²) in [6.07, 6.45) is 0.554. The van der Waals surface area contributed by atoms with Gasteiger partial charge in [0.15, 0.2) is 11.5 Å². The molecule has 9 nitrogen and oxygen atoms in total. The first kappa shape index (κ1) is 32.1. The highest BCUT2D eigenvalue weighted by atomic mass is 32.2. The molecule has 2 amide bonds. The van der Waals surface area contributed by atoms with Crippen molar-refractivity contribution in [3.63, 3.8) is 0 Å². The van der Waals surface area contributed by atoms with Crippen molar-refractivity contribution >= 4 is 38.9 Å². The molecule has 0 saturated carbocycles. The molecule has 2 aromatic carbocycles.